The number of hydrogen-bond donors (Lipinski definition) is 2. The number of hydrogen-bond acceptors (Lipinski definition) is 4. The second kappa shape index (κ2) is 15.5. The number of ether oxygens (including phenoxy) is 3. The molecular weight excluding hydrogens is 495 g/mol. The first-order valence-electron chi connectivity index (χ1n) is 9.59. The van der Waals surface area contributed by atoms with Gasteiger partial charge in [0.05, 0.1) is 13.2 Å². The molecule has 0 bridgehead atoms. The summed E-state index contributed by atoms with van der Waals surface area (Å²) in [5, 5.41) is 6.49. The van der Waals surface area contributed by atoms with Crippen LogP contribution in [0.15, 0.2) is 23.2 Å². The molecular formula is C20H34F2IN3O3. The zero-order chi connectivity index (χ0) is 20.9. The molecule has 1 atom stereocenters. The molecule has 1 aromatic carbocycles. The van der Waals surface area contributed by atoms with Crippen LogP contribution >= 0.6 is 24.0 Å². The molecule has 0 saturated carbocycles. The molecule has 0 aromatic heterocycles. The van der Waals surface area contributed by atoms with Gasteiger partial charge in [0.1, 0.15) is 0 Å². The molecule has 0 amide bonds. The highest BCUT2D eigenvalue weighted by atomic mass is 127. The Hall–Kier alpha value is -1.36. The van der Waals surface area contributed by atoms with E-state index in [1.165, 1.54) is 7.11 Å². The summed E-state index contributed by atoms with van der Waals surface area (Å²) in [6.45, 7) is 5.45. The summed E-state index contributed by atoms with van der Waals surface area (Å²) in [7, 11) is 3.12. The van der Waals surface area contributed by atoms with Crippen molar-refractivity contribution in [1.29, 1.82) is 0 Å². The molecule has 1 unspecified atom stereocenters. The summed E-state index contributed by atoms with van der Waals surface area (Å²) in [5.74, 6) is 1.46. The van der Waals surface area contributed by atoms with E-state index in [1.807, 2.05) is 13.0 Å². The maximum Gasteiger partial charge on any atom is 0.387 e. The first kappa shape index (κ1) is 27.6. The molecule has 0 heterocycles. The molecule has 168 valence electrons. The number of nitrogens with one attached hydrogen (secondary N) is 2. The van der Waals surface area contributed by atoms with Gasteiger partial charge in [0.25, 0.3) is 0 Å². The van der Waals surface area contributed by atoms with Crippen molar-refractivity contribution in [3.63, 3.8) is 0 Å². The van der Waals surface area contributed by atoms with Gasteiger partial charge in [0.2, 0.25) is 0 Å². The van der Waals surface area contributed by atoms with Crippen LogP contribution in [0.5, 0.6) is 11.5 Å². The van der Waals surface area contributed by atoms with Gasteiger partial charge < -0.3 is 24.8 Å². The van der Waals surface area contributed by atoms with E-state index in [0.717, 1.165) is 18.5 Å². The van der Waals surface area contributed by atoms with Crippen LogP contribution in [0.3, 0.4) is 0 Å². The molecule has 0 spiro atoms. The summed E-state index contributed by atoms with van der Waals surface area (Å²) in [5.41, 5.74) is 0.857. The first-order chi connectivity index (χ1) is 13.4. The lowest BCUT2D eigenvalue weighted by atomic mass is 10.0. The molecule has 0 radical (unpaired) electrons. The lowest BCUT2D eigenvalue weighted by molar-refractivity contribution is -0.0512. The van der Waals surface area contributed by atoms with E-state index < -0.39 is 6.61 Å². The molecule has 0 aliphatic carbocycles. The average molecular weight is 529 g/mol. The Morgan fingerprint density at radius 1 is 1.14 bits per heavy atom. The van der Waals surface area contributed by atoms with Crippen molar-refractivity contribution in [2.45, 2.75) is 46.3 Å². The lowest BCUT2D eigenvalue weighted by Gasteiger charge is -2.21. The Balaban J connectivity index is 0.00000784. The minimum atomic E-state index is -2.89. The Morgan fingerprint density at radius 2 is 1.83 bits per heavy atom. The van der Waals surface area contributed by atoms with Crippen LogP contribution < -0.4 is 20.1 Å². The van der Waals surface area contributed by atoms with Crippen molar-refractivity contribution in [1.82, 2.24) is 10.6 Å². The summed E-state index contributed by atoms with van der Waals surface area (Å²) >= 11 is 0. The van der Waals surface area contributed by atoms with E-state index in [4.69, 9.17) is 9.47 Å². The van der Waals surface area contributed by atoms with Gasteiger partial charge in [0, 0.05) is 26.7 Å². The highest BCUT2D eigenvalue weighted by Gasteiger charge is 2.13. The predicted octanol–water partition coefficient (Wildman–Crippen LogP) is 4.07. The van der Waals surface area contributed by atoms with Gasteiger partial charge in [-0.25, -0.2) is 0 Å². The van der Waals surface area contributed by atoms with E-state index in [9.17, 15) is 8.78 Å². The summed E-state index contributed by atoms with van der Waals surface area (Å²) in [6, 6.07) is 5.02. The third kappa shape index (κ3) is 10.8. The van der Waals surface area contributed by atoms with E-state index >= 15 is 0 Å². The van der Waals surface area contributed by atoms with Crippen molar-refractivity contribution < 1.29 is 23.0 Å². The van der Waals surface area contributed by atoms with Crippen molar-refractivity contribution in [2.75, 3.05) is 33.9 Å². The van der Waals surface area contributed by atoms with Crippen molar-refractivity contribution in [3.8, 4) is 11.5 Å². The van der Waals surface area contributed by atoms with Crippen molar-refractivity contribution >= 4 is 29.9 Å². The Morgan fingerprint density at radius 3 is 2.38 bits per heavy atom. The van der Waals surface area contributed by atoms with Crippen LogP contribution in [-0.4, -0.2) is 52.5 Å². The van der Waals surface area contributed by atoms with Crippen molar-refractivity contribution in [3.05, 3.63) is 23.8 Å². The normalized spacial score (nSPS) is 12.5. The largest absolute Gasteiger partial charge is 0.493 e. The second-order valence-corrected chi connectivity index (χ2v) is 6.57. The molecule has 29 heavy (non-hydrogen) atoms. The smallest absolute Gasteiger partial charge is 0.387 e. The van der Waals surface area contributed by atoms with Gasteiger partial charge >= 0.3 is 6.61 Å². The predicted molar refractivity (Wildman–Crippen MR) is 123 cm³/mol. The molecule has 1 aromatic rings. The number of aliphatic imine (C=N–C) groups is 1. The number of halogens is 3. The quantitative estimate of drug-likeness (QED) is 0.243. The zero-order valence-electron chi connectivity index (χ0n) is 17.8. The van der Waals surface area contributed by atoms with Crippen LogP contribution in [0.4, 0.5) is 8.78 Å². The molecule has 0 fully saturated rings. The number of nitrogens with zero attached hydrogens (tertiary/aromatic N) is 1. The van der Waals surface area contributed by atoms with E-state index in [1.54, 1.807) is 19.2 Å². The number of benzene rings is 1. The summed E-state index contributed by atoms with van der Waals surface area (Å²) in [6.07, 6.45) is 1.72. The zero-order valence-corrected chi connectivity index (χ0v) is 20.2. The lowest BCUT2D eigenvalue weighted by Crippen LogP contribution is -2.40. The minimum absolute atomic E-state index is 0. The Kier molecular flexibility index (Phi) is 14.8. The van der Waals surface area contributed by atoms with Crippen LogP contribution in [0, 0.1) is 5.92 Å². The number of guanidine groups is 1. The topological polar surface area (TPSA) is 64.1 Å². The number of alkyl halides is 2. The van der Waals surface area contributed by atoms with E-state index in [-0.39, 0.29) is 41.6 Å². The van der Waals surface area contributed by atoms with Gasteiger partial charge in [-0.1, -0.05) is 19.9 Å². The first-order valence-corrected chi connectivity index (χ1v) is 9.59. The molecule has 2 N–H and O–H groups in total. The Bertz CT molecular complexity index is 604. The molecule has 0 aliphatic heterocycles. The van der Waals surface area contributed by atoms with E-state index in [2.05, 4.69) is 34.2 Å². The Labute approximate surface area is 189 Å². The fourth-order valence-corrected chi connectivity index (χ4v) is 2.77. The van der Waals surface area contributed by atoms with Gasteiger partial charge in [0.15, 0.2) is 17.5 Å². The second-order valence-electron chi connectivity index (χ2n) is 6.57. The molecule has 0 saturated heterocycles. The van der Waals surface area contributed by atoms with Crippen molar-refractivity contribution in [2.24, 2.45) is 10.9 Å². The number of methoxy groups -OCH3 is 1. The SMILES string of the molecule is CCOC(CCNC(=NC)NCCc1ccc(OC)c(OC(F)F)c1)C(C)C.I. The fraction of sp³-hybridized carbons (Fsp3) is 0.650. The highest BCUT2D eigenvalue weighted by molar-refractivity contribution is 14.0. The summed E-state index contributed by atoms with van der Waals surface area (Å²) in [4.78, 5) is 4.20. The number of rotatable bonds is 12. The maximum atomic E-state index is 12.5. The van der Waals surface area contributed by atoms with Crippen LogP contribution in [0.25, 0.3) is 0 Å². The molecule has 6 nitrogen and oxygen atoms in total. The van der Waals surface area contributed by atoms with Crippen LogP contribution in [0.2, 0.25) is 0 Å². The monoisotopic (exact) mass is 529 g/mol. The fourth-order valence-electron chi connectivity index (χ4n) is 2.77. The molecule has 0 aliphatic rings. The van der Waals surface area contributed by atoms with Gasteiger partial charge in [-0.15, -0.1) is 24.0 Å². The standard InChI is InChI=1S/C20H33F2N3O3.HI/c1-6-27-16(14(2)3)10-12-25-20(23-4)24-11-9-15-7-8-17(26-5)18(13-15)28-19(21)22;/h7-8,13-14,16,19H,6,9-12H2,1-5H3,(H2,23,24,25);1H. The third-order valence-corrected chi connectivity index (χ3v) is 4.22. The maximum absolute atomic E-state index is 12.5. The van der Waals surface area contributed by atoms with E-state index in [0.29, 0.717) is 31.4 Å². The minimum Gasteiger partial charge on any atom is -0.493 e. The van der Waals surface area contributed by atoms with Gasteiger partial charge in [-0.05, 0) is 43.4 Å². The third-order valence-electron chi connectivity index (χ3n) is 4.22. The molecule has 1 rings (SSSR count). The highest BCUT2D eigenvalue weighted by Crippen LogP contribution is 2.29. The summed E-state index contributed by atoms with van der Waals surface area (Å²) < 4.78 is 40.3. The average Bonchev–Trinajstić information content (AvgIpc) is 2.65. The van der Waals surface area contributed by atoms with Gasteiger partial charge in [-0.2, -0.15) is 8.78 Å². The van der Waals surface area contributed by atoms with Crippen LogP contribution in [0.1, 0.15) is 32.8 Å². The van der Waals surface area contributed by atoms with Gasteiger partial charge in [-0.3, -0.25) is 4.99 Å². The van der Waals surface area contributed by atoms with Crippen LogP contribution in [-0.2, 0) is 11.2 Å². The molecule has 9 heteroatoms.